The van der Waals surface area contributed by atoms with Gasteiger partial charge in [-0.15, -0.1) is 0 Å². The number of hydrogen-bond acceptors (Lipinski definition) is 4. The third kappa shape index (κ3) is 5.05. The number of rotatable bonds is 4. The van der Waals surface area contributed by atoms with Crippen molar-refractivity contribution in [2.24, 2.45) is 5.92 Å². The molecule has 10 heteroatoms. The fourth-order valence-corrected chi connectivity index (χ4v) is 5.30. The fourth-order valence-electron chi connectivity index (χ4n) is 3.12. The molecule has 1 heterocycles. The van der Waals surface area contributed by atoms with Crippen LogP contribution in [0.25, 0.3) is 0 Å². The topological polar surface area (TPSA) is 95.6 Å². The predicted octanol–water partition coefficient (Wildman–Crippen LogP) is 3.08. The molecule has 1 aliphatic heterocycles. The van der Waals surface area contributed by atoms with Gasteiger partial charge >= 0.3 is 0 Å². The quantitative estimate of drug-likeness (QED) is 0.634. The second-order valence-electron chi connectivity index (χ2n) is 7.15. The van der Waals surface area contributed by atoms with E-state index in [9.17, 15) is 22.4 Å². The standard InChI is InChI=1S/C20H21BrFN3O4S/c1-13-6-8-25(9-7-13)30(28,29)16-11-14(10-15(21)12-16)19(26)23-24-20(27)17-4-2-3-5-18(17)22/h2-5,10-13H,6-9H2,1H3,(H,23,26)(H,24,27). The number of benzene rings is 2. The van der Waals surface area contributed by atoms with Crippen LogP contribution in [0.15, 0.2) is 51.8 Å². The van der Waals surface area contributed by atoms with E-state index in [1.807, 2.05) is 0 Å². The Morgan fingerprint density at radius 1 is 1.07 bits per heavy atom. The SMILES string of the molecule is CC1CCN(S(=O)(=O)c2cc(Br)cc(C(=O)NNC(=O)c3ccccc3F)c2)CC1. The Bertz CT molecular complexity index is 1070. The summed E-state index contributed by atoms with van der Waals surface area (Å²) in [5.41, 5.74) is 4.11. The number of nitrogens with zero attached hydrogens (tertiary/aromatic N) is 1. The molecule has 0 unspecified atom stereocenters. The van der Waals surface area contributed by atoms with Crippen LogP contribution in [0.5, 0.6) is 0 Å². The van der Waals surface area contributed by atoms with Crippen LogP contribution >= 0.6 is 15.9 Å². The summed E-state index contributed by atoms with van der Waals surface area (Å²) >= 11 is 3.23. The molecule has 1 aliphatic rings. The van der Waals surface area contributed by atoms with E-state index < -0.39 is 27.7 Å². The molecule has 2 amide bonds. The minimum Gasteiger partial charge on any atom is -0.267 e. The summed E-state index contributed by atoms with van der Waals surface area (Å²) in [7, 11) is -3.76. The maximum absolute atomic E-state index is 13.7. The average molecular weight is 498 g/mol. The van der Waals surface area contributed by atoms with E-state index in [-0.39, 0.29) is 16.0 Å². The summed E-state index contributed by atoms with van der Waals surface area (Å²) in [6, 6.07) is 9.46. The van der Waals surface area contributed by atoms with Crippen LogP contribution in [-0.2, 0) is 10.0 Å². The van der Waals surface area contributed by atoms with Crippen molar-refractivity contribution >= 4 is 37.8 Å². The highest BCUT2D eigenvalue weighted by molar-refractivity contribution is 9.10. The number of carbonyl (C=O) groups excluding carboxylic acids is 2. The Hall–Kier alpha value is -2.30. The summed E-state index contributed by atoms with van der Waals surface area (Å²) in [5.74, 6) is -1.81. The lowest BCUT2D eigenvalue weighted by Crippen LogP contribution is -2.42. The van der Waals surface area contributed by atoms with E-state index in [0.29, 0.717) is 23.5 Å². The van der Waals surface area contributed by atoms with Gasteiger partial charge in [0.05, 0.1) is 10.5 Å². The van der Waals surface area contributed by atoms with Crippen molar-refractivity contribution in [3.63, 3.8) is 0 Å². The highest BCUT2D eigenvalue weighted by Crippen LogP contribution is 2.26. The van der Waals surface area contributed by atoms with Crippen molar-refractivity contribution in [2.45, 2.75) is 24.7 Å². The van der Waals surface area contributed by atoms with Gasteiger partial charge in [-0.05, 0) is 49.1 Å². The van der Waals surface area contributed by atoms with Gasteiger partial charge in [0.2, 0.25) is 10.0 Å². The number of piperidine rings is 1. The van der Waals surface area contributed by atoms with Crippen LogP contribution in [0.3, 0.4) is 0 Å². The first-order valence-corrected chi connectivity index (χ1v) is 11.6. The van der Waals surface area contributed by atoms with Gasteiger partial charge in [0.15, 0.2) is 0 Å². The largest absolute Gasteiger partial charge is 0.272 e. The van der Waals surface area contributed by atoms with E-state index in [1.54, 1.807) is 0 Å². The molecule has 1 fully saturated rings. The molecular weight excluding hydrogens is 477 g/mol. The lowest BCUT2D eigenvalue weighted by molar-refractivity contribution is 0.0844. The van der Waals surface area contributed by atoms with Gasteiger partial charge in [0.25, 0.3) is 11.8 Å². The average Bonchev–Trinajstić information content (AvgIpc) is 2.72. The molecule has 2 N–H and O–H groups in total. The third-order valence-electron chi connectivity index (χ3n) is 4.92. The molecule has 160 valence electrons. The molecule has 2 aromatic carbocycles. The van der Waals surface area contributed by atoms with Crippen LogP contribution < -0.4 is 10.9 Å². The smallest absolute Gasteiger partial charge is 0.267 e. The maximum atomic E-state index is 13.7. The first kappa shape index (κ1) is 22.4. The predicted molar refractivity (Wildman–Crippen MR) is 113 cm³/mol. The van der Waals surface area contributed by atoms with E-state index in [4.69, 9.17) is 0 Å². The summed E-state index contributed by atoms with van der Waals surface area (Å²) < 4.78 is 41.4. The molecule has 3 rings (SSSR count). The summed E-state index contributed by atoms with van der Waals surface area (Å²) in [6.07, 6.45) is 1.56. The molecular formula is C20H21BrFN3O4S. The molecule has 30 heavy (non-hydrogen) atoms. The van der Waals surface area contributed by atoms with Crippen molar-refractivity contribution in [3.05, 3.63) is 63.9 Å². The Morgan fingerprint density at radius 3 is 2.37 bits per heavy atom. The summed E-state index contributed by atoms with van der Waals surface area (Å²) in [5, 5.41) is 0. The van der Waals surface area contributed by atoms with Crippen LogP contribution in [0.4, 0.5) is 4.39 Å². The zero-order valence-corrected chi connectivity index (χ0v) is 18.6. The number of sulfonamides is 1. The molecule has 0 bridgehead atoms. The van der Waals surface area contributed by atoms with Gasteiger partial charge in [-0.2, -0.15) is 4.31 Å². The molecule has 7 nitrogen and oxygen atoms in total. The maximum Gasteiger partial charge on any atom is 0.272 e. The van der Waals surface area contributed by atoms with Crippen LogP contribution in [0.1, 0.15) is 40.5 Å². The Morgan fingerprint density at radius 2 is 1.70 bits per heavy atom. The van der Waals surface area contributed by atoms with Crippen molar-refractivity contribution in [1.82, 2.24) is 15.2 Å². The molecule has 1 saturated heterocycles. The highest BCUT2D eigenvalue weighted by atomic mass is 79.9. The van der Waals surface area contributed by atoms with E-state index in [2.05, 4.69) is 33.7 Å². The number of carbonyl (C=O) groups is 2. The van der Waals surface area contributed by atoms with Crippen molar-refractivity contribution in [1.29, 1.82) is 0 Å². The number of halogens is 2. The number of hydrazine groups is 1. The lowest BCUT2D eigenvalue weighted by atomic mass is 10.0. The Kier molecular flexibility index (Phi) is 6.89. The second-order valence-corrected chi connectivity index (χ2v) is 10.0. The minimum atomic E-state index is -3.76. The summed E-state index contributed by atoms with van der Waals surface area (Å²) in [6.45, 7) is 2.94. The van der Waals surface area contributed by atoms with Gasteiger partial charge in [-0.3, -0.25) is 20.4 Å². The molecule has 0 radical (unpaired) electrons. The Labute approximate surface area is 182 Å². The first-order chi connectivity index (χ1) is 14.2. The van der Waals surface area contributed by atoms with E-state index in [0.717, 1.165) is 18.9 Å². The summed E-state index contributed by atoms with van der Waals surface area (Å²) in [4.78, 5) is 24.5. The first-order valence-electron chi connectivity index (χ1n) is 9.34. The lowest BCUT2D eigenvalue weighted by Gasteiger charge is -2.29. The molecule has 0 spiro atoms. The van der Waals surface area contributed by atoms with E-state index >= 15 is 0 Å². The minimum absolute atomic E-state index is 0.0167. The van der Waals surface area contributed by atoms with Gasteiger partial charge in [0.1, 0.15) is 5.82 Å². The third-order valence-corrected chi connectivity index (χ3v) is 7.26. The monoisotopic (exact) mass is 497 g/mol. The van der Waals surface area contributed by atoms with Crippen LogP contribution in [-0.4, -0.2) is 37.6 Å². The van der Waals surface area contributed by atoms with Gasteiger partial charge in [-0.1, -0.05) is 35.0 Å². The van der Waals surface area contributed by atoms with Crippen molar-refractivity contribution in [3.8, 4) is 0 Å². The zero-order chi connectivity index (χ0) is 21.9. The van der Waals surface area contributed by atoms with Crippen LogP contribution in [0, 0.1) is 11.7 Å². The number of hydrogen-bond donors (Lipinski definition) is 2. The van der Waals surface area contributed by atoms with Crippen LogP contribution in [0.2, 0.25) is 0 Å². The van der Waals surface area contributed by atoms with Gasteiger partial charge in [-0.25, -0.2) is 12.8 Å². The molecule has 0 aliphatic carbocycles. The van der Waals surface area contributed by atoms with Crippen molar-refractivity contribution in [2.75, 3.05) is 13.1 Å². The van der Waals surface area contributed by atoms with E-state index in [1.165, 1.54) is 40.7 Å². The van der Waals surface area contributed by atoms with Crippen molar-refractivity contribution < 1.29 is 22.4 Å². The molecule has 0 aromatic heterocycles. The number of nitrogens with one attached hydrogen (secondary N) is 2. The normalized spacial score (nSPS) is 15.6. The van der Waals surface area contributed by atoms with Gasteiger partial charge in [0, 0.05) is 23.1 Å². The molecule has 0 atom stereocenters. The molecule has 2 aromatic rings. The second kappa shape index (κ2) is 9.23. The zero-order valence-electron chi connectivity index (χ0n) is 16.2. The Balaban J connectivity index is 1.75. The molecule has 0 saturated carbocycles. The number of amides is 2. The van der Waals surface area contributed by atoms with Gasteiger partial charge < -0.3 is 0 Å². The highest BCUT2D eigenvalue weighted by Gasteiger charge is 2.29. The fraction of sp³-hybridized carbons (Fsp3) is 0.300.